The van der Waals surface area contributed by atoms with E-state index < -0.39 is 0 Å². The second-order valence-electron chi connectivity index (χ2n) is 6.08. The van der Waals surface area contributed by atoms with Gasteiger partial charge in [-0.3, -0.25) is 4.79 Å². The van der Waals surface area contributed by atoms with E-state index in [1.807, 2.05) is 18.2 Å². The summed E-state index contributed by atoms with van der Waals surface area (Å²) in [7, 11) is 1.67. The van der Waals surface area contributed by atoms with Crippen LogP contribution in [0.5, 0.6) is 5.75 Å². The SMILES string of the molecule is COc1cccc(C2(C)CC(=O)NC2CC(C)C)c1. The van der Waals surface area contributed by atoms with Crippen LogP contribution in [0.4, 0.5) is 0 Å². The molecule has 1 aliphatic heterocycles. The highest BCUT2D eigenvalue weighted by molar-refractivity contribution is 5.81. The Morgan fingerprint density at radius 2 is 2.21 bits per heavy atom. The molecule has 2 rings (SSSR count). The van der Waals surface area contributed by atoms with Crippen molar-refractivity contribution in [3.8, 4) is 5.75 Å². The number of hydrogen-bond donors (Lipinski definition) is 1. The summed E-state index contributed by atoms with van der Waals surface area (Å²) in [6, 6.07) is 8.28. The number of nitrogens with one attached hydrogen (secondary N) is 1. The molecule has 1 fully saturated rings. The first-order valence-electron chi connectivity index (χ1n) is 6.89. The molecule has 3 nitrogen and oxygen atoms in total. The maximum atomic E-state index is 11.8. The zero-order valence-electron chi connectivity index (χ0n) is 12.2. The average Bonchev–Trinajstić information content (AvgIpc) is 2.65. The van der Waals surface area contributed by atoms with Crippen LogP contribution in [0.2, 0.25) is 0 Å². The van der Waals surface area contributed by atoms with Gasteiger partial charge < -0.3 is 10.1 Å². The molecule has 1 amide bonds. The number of benzene rings is 1. The molecule has 1 aromatic carbocycles. The molecule has 1 aromatic rings. The van der Waals surface area contributed by atoms with Gasteiger partial charge in [0.25, 0.3) is 0 Å². The fourth-order valence-corrected chi connectivity index (χ4v) is 2.93. The van der Waals surface area contributed by atoms with Crippen molar-refractivity contribution in [2.45, 2.75) is 45.1 Å². The van der Waals surface area contributed by atoms with Crippen molar-refractivity contribution in [2.75, 3.05) is 7.11 Å². The van der Waals surface area contributed by atoms with Crippen LogP contribution in [0, 0.1) is 5.92 Å². The topological polar surface area (TPSA) is 38.3 Å². The third kappa shape index (κ3) is 2.75. The molecule has 1 saturated heterocycles. The van der Waals surface area contributed by atoms with Crippen LogP contribution in [-0.4, -0.2) is 19.1 Å². The van der Waals surface area contributed by atoms with E-state index in [1.54, 1.807) is 7.11 Å². The summed E-state index contributed by atoms with van der Waals surface area (Å²) in [5, 5.41) is 3.13. The number of carbonyl (C=O) groups excluding carboxylic acids is 1. The zero-order valence-corrected chi connectivity index (χ0v) is 12.2. The zero-order chi connectivity index (χ0) is 14.0. The van der Waals surface area contributed by atoms with Gasteiger partial charge in [-0.25, -0.2) is 0 Å². The predicted molar refractivity (Wildman–Crippen MR) is 76.3 cm³/mol. The number of amides is 1. The van der Waals surface area contributed by atoms with Gasteiger partial charge in [0.2, 0.25) is 5.91 Å². The predicted octanol–water partition coefficient (Wildman–Crippen LogP) is 2.89. The highest BCUT2D eigenvalue weighted by Crippen LogP contribution is 2.39. The summed E-state index contributed by atoms with van der Waals surface area (Å²) >= 11 is 0. The standard InChI is InChI=1S/C16H23NO2/c1-11(2)8-14-16(3,10-15(18)17-14)12-6-5-7-13(9-12)19-4/h5-7,9,11,14H,8,10H2,1-4H3,(H,17,18). The molecule has 0 saturated carbocycles. The molecule has 19 heavy (non-hydrogen) atoms. The van der Waals surface area contributed by atoms with Crippen LogP contribution in [-0.2, 0) is 10.2 Å². The average molecular weight is 261 g/mol. The van der Waals surface area contributed by atoms with Crippen molar-refractivity contribution in [2.24, 2.45) is 5.92 Å². The van der Waals surface area contributed by atoms with Gasteiger partial charge >= 0.3 is 0 Å². The molecule has 0 aliphatic carbocycles. The third-order valence-corrected chi connectivity index (χ3v) is 4.07. The van der Waals surface area contributed by atoms with Crippen molar-refractivity contribution in [3.63, 3.8) is 0 Å². The first-order valence-corrected chi connectivity index (χ1v) is 6.89. The monoisotopic (exact) mass is 261 g/mol. The van der Waals surface area contributed by atoms with Gasteiger partial charge in [0, 0.05) is 17.9 Å². The lowest BCUT2D eigenvalue weighted by molar-refractivity contribution is -0.119. The molecule has 1 aliphatic rings. The van der Waals surface area contributed by atoms with E-state index >= 15 is 0 Å². The van der Waals surface area contributed by atoms with E-state index in [2.05, 4.69) is 32.2 Å². The smallest absolute Gasteiger partial charge is 0.221 e. The van der Waals surface area contributed by atoms with E-state index in [4.69, 9.17) is 4.74 Å². The minimum atomic E-state index is -0.143. The van der Waals surface area contributed by atoms with Crippen molar-refractivity contribution in [3.05, 3.63) is 29.8 Å². The minimum Gasteiger partial charge on any atom is -0.497 e. The molecular formula is C16H23NO2. The van der Waals surface area contributed by atoms with Gasteiger partial charge in [-0.1, -0.05) is 32.9 Å². The summed E-state index contributed by atoms with van der Waals surface area (Å²) in [5.74, 6) is 1.56. The van der Waals surface area contributed by atoms with Gasteiger partial charge in [0.1, 0.15) is 5.75 Å². The molecular weight excluding hydrogens is 238 g/mol. The Hall–Kier alpha value is -1.51. The molecule has 0 bridgehead atoms. The lowest BCUT2D eigenvalue weighted by Gasteiger charge is -2.32. The Labute approximate surface area is 115 Å². The summed E-state index contributed by atoms with van der Waals surface area (Å²) in [5.41, 5.74) is 1.03. The van der Waals surface area contributed by atoms with E-state index in [-0.39, 0.29) is 17.4 Å². The largest absolute Gasteiger partial charge is 0.497 e. The van der Waals surface area contributed by atoms with Gasteiger partial charge in [0.15, 0.2) is 0 Å². The minimum absolute atomic E-state index is 0.143. The van der Waals surface area contributed by atoms with Gasteiger partial charge in [-0.05, 0) is 30.0 Å². The third-order valence-electron chi connectivity index (χ3n) is 4.07. The van der Waals surface area contributed by atoms with Gasteiger partial charge in [-0.2, -0.15) is 0 Å². The van der Waals surface area contributed by atoms with Crippen LogP contribution in [0.3, 0.4) is 0 Å². The maximum Gasteiger partial charge on any atom is 0.221 e. The summed E-state index contributed by atoms with van der Waals surface area (Å²) < 4.78 is 5.30. The molecule has 3 heteroatoms. The Morgan fingerprint density at radius 1 is 1.47 bits per heavy atom. The Morgan fingerprint density at radius 3 is 2.84 bits per heavy atom. The fraction of sp³-hybridized carbons (Fsp3) is 0.562. The van der Waals surface area contributed by atoms with E-state index in [9.17, 15) is 4.79 Å². The summed E-state index contributed by atoms with van der Waals surface area (Å²) in [4.78, 5) is 11.8. The maximum absolute atomic E-state index is 11.8. The number of methoxy groups -OCH3 is 1. The molecule has 1 N–H and O–H groups in total. The van der Waals surface area contributed by atoms with Crippen molar-refractivity contribution in [1.82, 2.24) is 5.32 Å². The second kappa shape index (κ2) is 5.24. The van der Waals surface area contributed by atoms with Crippen LogP contribution in [0.15, 0.2) is 24.3 Å². The molecule has 0 spiro atoms. The van der Waals surface area contributed by atoms with Crippen LogP contribution < -0.4 is 10.1 Å². The van der Waals surface area contributed by atoms with Gasteiger partial charge in [-0.15, -0.1) is 0 Å². The number of ether oxygens (including phenoxy) is 1. The van der Waals surface area contributed by atoms with Crippen LogP contribution in [0.25, 0.3) is 0 Å². The van der Waals surface area contributed by atoms with Crippen LogP contribution >= 0.6 is 0 Å². The van der Waals surface area contributed by atoms with Crippen molar-refractivity contribution in [1.29, 1.82) is 0 Å². The lowest BCUT2D eigenvalue weighted by atomic mass is 9.73. The Balaban J connectivity index is 2.34. The fourth-order valence-electron chi connectivity index (χ4n) is 2.93. The molecule has 0 aromatic heterocycles. The normalized spacial score (nSPS) is 26.6. The van der Waals surface area contributed by atoms with Crippen LogP contribution in [0.1, 0.15) is 39.2 Å². The first kappa shape index (κ1) is 13.9. The molecule has 104 valence electrons. The van der Waals surface area contributed by atoms with Crippen molar-refractivity contribution >= 4 is 5.91 Å². The highest BCUT2D eigenvalue weighted by atomic mass is 16.5. The van der Waals surface area contributed by atoms with E-state index in [1.165, 1.54) is 5.56 Å². The number of carbonyl (C=O) groups is 1. The molecule has 0 radical (unpaired) electrons. The molecule has 1 heterocycles. The first-order chi connectivity index (χ1) is 8.95. The van der Waals surface area contributed by atoms with E-state index in [0.717, 1.165) is 12.2 Å². The highest BCUT2D eigenvalue weighted by Gasteiger charge is 2.44. The number of hydrogen-bond acceptors (Lipinski definition) is 2. The van der Waals surface area contributed by atoms with E-state index in [0.29, 0.717) is 12.3 Å². The quantitative estimate of drug-likeness (QED) is 0.905. The summed E-state index contributed by atoms with van der Waals surface area (Å²) in [6.45, 7) is 6.56. The van der Waals surface area contributed by atoms with Crippen molar-refractivity contribution < 1.29 is 9.53 Å². The van der Waals surface area contributed by atoms with Gasteiger partial charge in [0.05, 0.1) is 7.11 Å². The number of rotatable bonds is 4. The summed E-state index contributed by atoms with van der Waals surface area (Å²) in [6.07, 6.45) is 1.55. The lowest BCUT2D eigenvalue weighted by Crippen LogP contribution is -2.39. The molecule has 2 atom stereocenters. The molecule has 2 unspecified atom stereocenters. The second-order valence-corrected chi connectivity index (χ2v) is 6.08. The Bertz CT molecular complexity index is 470. The Kier molecular flexibility index (Phi) is 3.83.